The van der Waals surface area contributed by atoms with Gasteiger partial charge in [-0.2, -0.15) is 0 Å². The summed E-state index contributed by atoms with van der Waals surface area (Å²) in [5.41, 5.74) is 0.0315. The fourth-order valence-corrected chi connectivity index (χ4v) is 7.74. The normalized spacial score (nSPS) is 50.2. The maximum absolute atomic E-state index is 13.2. The number of Topliss-reactive ketones (excluding diaryl/α,β-unsaturated/α-hetero) is 1. The van der Waals surface area contributed by atoms with Gasteiger partial charge in [-0.15, -0.1) is 0 Å². The van der Waals surface area contributed by atoms with Crippen molar-refractivity contribution in [2.45, 2.75) is 71.8 Å². The summed E-state index contributed by atoms with van der Waals surface area (Å²) in [4.78, 5) is 24.6. The standard InChI is InChI=1S/C22H32O4/c1-13-15-6-7-17-21(4)10-5-9-20(3,12-26-14(2)23)16(21)8-11-22(17,18(13)24)19(15)25/h15-17,19,25H,1,5-12H2,2-4H3/t15-,16+,17-,19?,20+,21+,22+/m0/s1. The van der Waals surface area contributed by atoms with Crippen molar-refractivity contribution in [3.05, 3.63) is 12.2 Å². The second-order valence-electron chi connectivity index (χ2n) is 9.96. The molecule has 0 aromatic carbocycles. The topological polar surface area (TPSA) is 63.6 Å². The Bertz CT molecular complexity index is 669. The zero-order valence-electron chi connectivity index (χ0n) is 16.3. The molecule has 4 heteroatoms. The van der Waals surface area contributed by atoms with E-state index in [0.29, 0.717) is 18.1 Å². The number of carbonyl (C=O) groups excluding carboxylic acids is 2. The minimum absolute atomic E-state index is 0.0115. The van der Waals surface area contributed by atoms with Gasteiger partial charge in [0.05, 0.1) is 18.1 Å². The minimum Gasteiger partial charge on any atom is -0.465 e. The number of fused-ring (bicyclic) bond motifs is 3. The van der Waals surface area contributed by atoms with Crippen LogP contribution in [0.15, 0.2) is 12.2 Å². The summed E-state index contributed by atoms with van der Waals surface area (Å²) in [5, 5.41) is 11.1. The van der Waals surface area contributed by atoms with Gasteiger partial charge in [-0.05, 0) is 61.3 Å². The first kappa shape index (κ1) is 18.2. The number of carbonyl (C=O) groups is 2. The van der Waals surface area contributed by atoms with Crippen LogP contribution < -0.4 is 0 Å². The lowest BCUT2D eigenvalue weighted by atomic mass is 9.40. The first-order chi connectivity index (χ1) is 12.2. The molecule has 0 aliphatic heterocycles. The Labute approximate surface area is 156 Å². The summed E-state index contributed by atoms with van der Waals surface area (Å²) in [6.45, 7) is 10.6. The monoisotopic (exact) mass is 360 g/mol. The third-order valence-corrected chi connectivity index (χ3v) is 8.81. The number of ketones is 1. The molecule has 4 rings (SSSR count). The maximum atomic E-state index is 13.2. The molecule has 144 valence electrons. The number of esters is 1. The van der Waals surface area contributed by atoms with Crippen LogP contribution in [0.4, 0.5) is 0 Å². The molecule has 4 aliphatic carbocycles. The lowest BCUT2D eigenvalue weighted by Crippen LogP contribution is -2.62. The van der Waals surface area contributed by atoms with Gasteiger partial charge < -0.3 is 9.84 Å². The van der Waals surface area contributed by atoms with E-state index in [1.165, 1.54) is 6.92 Å². The zero-order chi connectivity index (χ0) is 18.9. The van der Waals surface area contributed by atoms with E-state index in [0.717, 1.165) is 44.9 Å². The maximum Gasteiger partial charge on any atom is 0.302 e. The molecule has 0 aromatic rings. The predicted molar refractivity (Wildman–Crippen MR) is 98.2 cm³/mol. The van der Waals surface area contributed by atoms with Gasteiger partial charge in [-0.1, -0.05) is 26.8 Å². The molecular formula is C22H32O4. The number of aliphatic hydroxyl groups is 1. The number of ether oxygens (including phenoxy) is 1. The predicted octanol–water partition coefficient (Wildman–Crippen LogP) is 3.67. The number of hydrogen-bond donors (Lipinski definition) is 1. The summed E-state index contributed by atoms with van der Waals surface area (Å²) in [7, 11) is 0. The van der Waals surface area contributed by atoms with E-state index in [1.807, 2.05) is 0 Å². The fourth-order valence-electron chi connectivity index (χ4n) is 7.74. The van der Waals surface area contributed by atoms with Gasteiger partial charge in [-0.25, -0.2) is 0 Å². The van der Waals surface area contributed by atoms with Crippen molar-refractivity contribution in [2.24, 2.45) is 34.0 Å². The Hall–Kier alpha value is -1.16. The molecule has 1 spiro atoms. The van der Waals surface area contributed by atoms with E-state index in [9.17, 15) is 14.7 Å². The van der Waals surface area contributed by atoms with Gasteiger partial charge in [0, 0.05) is 18.3 Å². The van der Waals surface area contributed by atoms with Crippen LogP contribution in [0.2, 0.25) is 0 Å². The van der Waals surface area contributed by atoms with Gasteiger partial charge in [0.25, 0.3) is 0 Å². The van der Waals surface area contributed by atoms with Crippen molar-refractivity contribution in [3.63, 3.8) is 0 Å². The van der Waals surface area contributed by atoms with Crippen molar-refractivity contribution in [3.8, 4) is 0 Å². The number of rotatable bonds is 2. The second kappa shape index (κ2) is 5.67. The van der Waals surface area contributed by atoms with Crippen molar-refractivity contribution >= 4 is 11.8 Å². The average molecular weight is 360 g/mol. The van der Waals surface area contributed by atoms with Crippen molar-refractivity contribution < 1.29 is 19.4 Å². The molecule has 0 amide bonds. The van der Waals surface area contributed by atoms with E-state index >= 15 is 0 Å². The quantitative estimate of drug-likeness (QED) is 0.603. The van der Waals surface area contributed by atoms with Gasteiger partial charge >= 0.3 is 5.97 Å². The highest BCUT2D eigenvalue weighted by Gasteiger charge is 2.70. The van der Waals surface area contributed by atoms with Gasteiger partial charge in [0.15, 0.2) is 5.78 Å². The Morgan fingerprint density at radius 1 is 1.19 bits per heavy atom. The lowest BCUT2D eigenvalue weighted by molar-refractivity contribution is -0.196. The summed E-state index contributed by atoms with van der Waals surface area (Å²) in [6.07, 6.45) is 6.25. The van der Waals surface area contributed by atoms with Crippen molar-refractivity contribution in [2.75, 3.05) is 6.61 Å². The van der Waals surface area contributed by atoms with Crippen LogP contribution >= 0.6 is 0 Å². The fraction of sp³-hybridized carbons (Fsp3) is 0.818. The van der Waals surface area contributed by atoms with Crippen LogP contribution in [0, 0.1) is 34.0 Å². The van der Waals surface area contributed by atoms with Crippen molar-refractivity contribution in [1.29, 1.82) is 0 Å². The van der Waals surface area contributed by atoms with Gasteiger partial charge in [0.1, 0.15) is 0 Å². The van der Waals surface area contributed by atoms with E-state index in [1.54, 1.807) is 0 Å². The van der Waals surface area contributed by atoms with Crippen LogP contribution in [0.5, 0.6) is 0 Å². The van der Waals surface area contributed by atoms with E-state index in [-0.39, 0.29) is 34.4 Å². The molecule has 4 aliphatic rings. The third kappa shape index (κ3) is 2.11. The second-order valence-corrected chi connectivity index (χ2v) is 9.96. The SMILES string of the molecule is C=C1C(=O)[C@@]23CC[C@@H]4[C@@](C)(COC(C)=O)CCC[C@@]4(C)[C@@H]2CC[C@@H]1C3O. The first-order valence-electron chi connectivity index (χ1n) is 10.2. The van der Waals surface area contributed by atoms with Crippen LogP contribution in [0.1, 0.15) is 65.7 Å². The van der Waals surface area contributed by atoms with Crippen LogP contribution in [0.25, 0.3) is 0 Å². The number of hydrogen-bond acceptors (Lipinski definition) is 4. The highest BCUT2D eigenvalue weighted by Crippen LogP contribution is 2.71. The van der Waals surface area contributed by atoms with Crippen LogP contribution in [-0.2, 0) is 14.3 Å². The largest absolute Gasteiger partial charge is 0.465 e. The van der Waals surface area contributed by atoms with E-state index < -0.39 is 11.5 Å². The van der Waals surface area contributed by atoms with Crippen LogP contribution in [0.3, 0.4) is 0 Å². The zero-order valence-corrected chi connectivity index (χ0v) is 16.3. The van der Waals surface area contributed by atoms with Gasteiger partial charge in [0.2, 0.25) is 0 Å². The molecule has 26 heavy (non-hydrogen) atoms. The molecule has 0 heterocycles. The smallest absolute Gasteiger partial charge is 0.302 e. The molecule has 4 nitrogen and oxygen atoms in total. The summed E-state index contributed by atoms with van der Waals surface area (Å²) >= 11 is 0. The Morgan fingerprint density at radius 2 is 1.92 bits per heavy atom. The highest BCUT2D eigenvalue weighted by molar-refractivity contribution is 6.04. The van der Waals surface area contributed by atoms with Crippen LogP contribution in [-0.4, -0.2) is 29.6 Å². The first-order valence-corrected chi connectivity index (χ1v) is 10.2. The molecule has 1 N–H and O–H groups in total. The molecule has 1 unspecified atom stereocenters. The van der Waals surface area contributed by atoms with Gasteiger partial charge in [-0.3, -0.25) is 9.59 Å². The minimum atomic E-state index is -0.606. The summed E-state index contributed by atoms with van der Waals surface area (Å²) in [6, 6.07) is 0. The number of aliphatic hydroxyl groups excluding tert-OH is 1. The highest BCUT2D eigenvalue weighted by atomic mass is 16.5. The molecular weight excluding hydrogens is 328 g/mol. The molecule has 2 bridgehead atoms. The molecule has 0 radical (unpaired) electrons. The molecule has 4 fully saturated rings. The summed E-state index contributed by atoms with van der Waals surface area (Å²) in [5.74, 6) is 0.524. The summed E-state index contributed by atoms with van der Waals surface area (Å²) < 4.78 is 5.46. The Balaban J connectivity index is 1.72. The molecule has 0 saturated heterocycles. The van der Waals surface area contributed by atoms with Crippen molar-refractivity contribution in [1.82, 2.24) is 0 Å². The molecule has 0 aromatic heterocycles. The molecule has 7 atom stereocenters. The third-order valence-electron chi connectivity index (χ3n) is 8.81. The average Bonchev–Trinajstić information content (AvgIpc) is 2.69. The van der Waals surface area contributed by atoms with E-state index in [2.05, 4.69) is 20.4 Å². The van der Waals surface area contributed by atoms with E-state index in [4.69, 9.17) is 4.74 Å². The Kier molecular flexibility index (Phi) is 3.97. The lowest BCUT2D eigenvalue weighted by Gasteiger charge is -2.64. The molecule has 4 saturated carbocycles. The Morgan fingerprint density at radius 3 is 2.62 bits per heavy atom.